The van der Waals surface area contributed by atoms with E-state index in [0.29, 0.717) is 17.9 Å². The molecule has 2 saturated heterocycles. The van der Waals surface area contributed by atoms with Gasteiger partial charge in [-0.1, -0.05) is 6.07 Å². The molecule has 1 aromatic rings. The molecule has 2 aliphatic rings. The number of rotatable bonds is 4. The minimum Gasteiger partial charge on any atom is -0.384 e. The van der Waals surface area contributed by atoms with Crippen LogP contribution in [0.1, 0.15) is 12.8 Å². The predicted molar refractivity (Wildman–Crippen MR) is 80.7 cm³/mol. The van der Waals surface area contributed by atoms with Crippen molar-refractivity contribution in [2.45, 2.75) is 24.9 Å². The second kappa shape index (κ2) is 5.89. The number of urea groups is 1. The fraction of sp³-hybridized carbons (Fsp3) is 0.417. The van der Waals surface area contributed by atoms with Crippen LogP contribution in [0, 0.1) is 0 Å². The number of nitrogens with zero attached hydrogens (tertiary/aromatic N) is 3. The number of nitrogen functional groups attached to an aromatic ring is 1. The van der Waals surface area contributed by atoms with Crippen LogP contribution < -0.4 is 11.1 Å². The SMILES string of the molecule is Nc1cccc(NC(=O)C2CCC3CN2C(=O)N3OS(=O)(=O)O)n1. The smallest absolute Gasteiger partial charge is 0.384 e. The van der Waals surface area contributed by atoms with Crippen LogP contribution in [-0.2, 0) is 19.5 Å². The molecule has 2 unspecified atom stereocenters. The molecular formula is C12H15N5O6S. The fourth-order valence-corrected chi connectivity index (χ4v) is 3.22. The van der Waals surface area contributed by atoms with Gasteiger partial charge in [-0.15, -0.1) is 4.28 Å². The Balaban J connectivity index is 1.73. The van der Waals surface area contributed by atoms with Crippen molar-refractivity contribution < 1.29 is 26.8 Å². The molecule has 24 heavy (non-hydrogen) atoms. The highest BCUT2D eigenvalue weighted by atomic mass is 32.3. The average molecular weight is 357 g/mol. The maximum absolute atomic E-state index is 12.4. The highest BCUT2D eigenvalue weighted by Crippen LogP contribution is 2.31. The number of aromatic nitrogens is 1. The van der Waals surface area contributed by atoms with Crippen LogP contribution in [0.3, 0.4) is 0 Å². The maximum atomic E-state index is 12.4. The van der Waals surface area contributed by atoms with Crippen molar-refractivity contribution >= 4 is 34.0 Å². The largest absolute Gasteiger partial charge is 0.418 e. The third-order valence-electron chi connectivity index (χ3n) is 3.82. The number of amides is 3. The first-order chi connectivity index (χ1) is 11.2. The Kier molecular flexibility index (Phi) is 4.03. The Hall–Kier alpha value is -2.44. The zero-order valence-electron chi connectivity index (χ0n) is 12.3. The van der Waals surface area contributed by atoms with Crippen molar-refractivity contribution in [3.05, 3.63) is 18.2 Å². The van der Waals surface area contributed by atoms with Crippen LogP contribution in [0.25, 0.3) is 0 Å². The molecule has 11 nitrogen and oxygen atoms in total. The van der Waals surface area contributed by atoms with Crippen LogP contribution in [0.5, 0.6) is 0 Å². The topological polar surface area (TPSA) is 155 Å². The van der Waals surface area contributed by atoms with Crippen LogP contribution in [0.4, 0.5) is 16.4 Å². The van der Waals surface area contributed by atoms with Crippen molar-refractivity contribution in [1.82, 2.24) is 14.9 Å². The lowest BCUT2D eigenvalue weighted by Crippen LogP contribution is -2.47. The van der Waals surface area contributed by atoms with E-state index < -0.39 is 34.4 Å². The summed E-state index contributed by atoms with van der Waals surface area (Å²) in [5.74, 6) is 0.0231. The molecule has 2 aliphatic heterocycles. The number of piperidine rings is 1. The molecule has 2 atom stereocenters. The fourth-order valence-electron chi connectivity index (χ4n) is 2.83. The van der Waals surface area contributed by atoms with Gasteiger partial charge in [-0.3, -0.25) is 9.35 Å². The molecular weight excluding hydrogens is 342 g/mol. The van der Waals surface area contributed by atoms with Gasteiger partial charge in [0.05, 0.1) is 6.04 Å². The van der Waals surface area contributed by atoms with Gasteiger partial charge in [-0.25, -0.2) is 9.78 Å². The molecule has 3 amide bonds. The van der Waals surface area contributed by atoms with Gasteiger partial charge in [-0.05, 0) is 25.0 Å². The van der Waals surface area contributed by atoms with Gasteiger partial charge in [0, 0.05) is 6.54 Å². The second-order valence-corrected chi connectivity index (χ2v) is 6.45. The van der Waals surface area contributed by atoms with Gasteiger partial charge in [0.1, 0.15) is 17.7 Å². The van der Waals surface area contributed by atoms with E-state index in [9.17, 15) is 18.0 Å². The second-order valence-electron chi connectivity index (χ2n) is 5.45. The molecule has 2 fully saturated rings. The van der Waals surface area contributed by atoms with E-state index >= 15 is 0 Å². The first kappa shape index (κ1) is 16.4. The summed E-state index contributed by atoms with van der Waals surface area (Å²) in [6.45, 7) is 0.122. The number of hydrogen-bond donors (Lipinski definition) is 3. The standard InChI is InChI=1S/C12H15N5O6S/c13-9-2-1-3-10(14-9)15-11(18)8-5-4-7-6-16(8)12(19)17(7)23-24(20,21)22/h1-3,7-8H,4-6H2,(H,20,21,22)(H3,13,14,15,18). The summed E-state index contributed by atoms with van der Waals surface area (Å²) in [5.41, 5.74) is 5.54. The van der Waals surface area contributed by atoms with Crippen molar-refractivity contribution in [3.8, 4) is 0 Å². The monoisotopic (exact) mass is 357 g/mol. The summed E-state index contributed by atoms with van der Waals surface area (Å²) in [4.78, 5) is 29.8. The Morgan fingerprint density at radius 2 is 2.17 bits per heavy atom. The lowest BCUT2D eigenvalue weighted by molar-refractivity contribution is -0.120. The molecule has 2 bridgehead atoms. The van der Waals surface area contributed by atoms with Crippen molar-refractivity contribution in [1.29, 1.82) is 0 Å². The Labute approximate surface area is 137 Å². The van der Waals surface area contributed by atoms with E-state index in [0.717, 1.165) is 0 Å². The zero-order valence-corrected chi connectivity index (χ0v) is 13.1. The normalized spacial score (nSPS) is 23.5. The van der Waals surface area contributed by atoms with E-state index in [1.165, 1.54) is 4.90 Å². The maximum Gasteiger partial charge on any atom is 0.418 e. The lowest BCUT2D eigenvalue weighted by atomic mass is 10.0. The van der Waals surface area contributed by atoms with Gasteiger partial charge in [0.2, 0.25) is 5.91 Å². The summed E-state index contributed by atoms with van der Waals surface area (Å²) < 4.78 is 34.7. The number of nitrogens with one attached hydrogen (secondary N) is 1. The summed E-state index contributed by atoms with van der Waals surface area (Å²) in [6.07, 6.45) is 0.663. The zero-order chi connectivity index (χ0) is 17.5. The number of fused-ring (bicyclic) bond motifs is 2. The molecule has 3 heterocycles. The van der Waals surface area contributed by atoms with Crippen LogP contribution in [-0.4, -0.2) is 58.5 Å². The van der Waals surface area contributed by atoms with Gasteiger partial charge in [-0.2, -0.15) is 13.5 Å². The predicted octanol–water partition coefficient (Wildman–Crippen LogP) is -0.395. The van der Waals surface area contributed by atoms with Crippen LogP contribution >= 0.6 is 0 Å². The quantitative estimate of drug-likeness (QED) is 0.615. The van der Waals surface area contributed by atoms with Crippen molar-refractivity contribution in [2.24, 2.45) is 0 Å². The minimum absolute atomic E-state index is 0.122. The van der Waals surface area contributed by atoms with E-state index in [4.69, 9.17) is 10.3 Å². The van der Waals surface area contributed by atoms with Crippen molar-refractivity contribution in [2.75, 3.05) is 17.6 Å². The Bertz CT molecular complexity index is 784. The number of hydroxylamine groups is 2. The Morgan fingerprint density at radius 3 is 2.83 bits per heavy atom. The molecule has 4 N–H and O–H groups in total. The molecule has 0 saturated carbocycles. The van der Waals surface area contributed by atoms with E-state index in [1.807, 2.05) is 0 Å². The molecule has 0 spiro atoms. The lowest BCUT2D eigenvalue weighted by Gasteiger charge is -2.29. The molecule has 3 rings (SSSR count). The highest BCUT2D eigenvalue weighted by molar-refractivity contribution is 7.80. The number of hydrogen-bond acceptors (Lipinski definition) is 7. The molecule has 12 heteroatoms. The van der Waals surface area contributed by atoms with Gasteiger partial charge in [0.25, 0.3) is 0 Å². The summed E-state index contributed by atoms with van der Waals surface area (Å²) in [5, 5.41) is 3.15. The first-order valence-electron chi connectivity index (χ1n) is 7.05. The van der Waals surface area contributed by atoms with Gasteiger partial charge < -0.3 is 16.0 Å². The number of nitrogens with two attached hydrogens (primary N) is 1. The number of carbonyl (C=O) groups is 2. The molecule has 0 aliphatic carbocycles. The highest BCUT2D eigenvalue weighted by Gasteiger charge is 2.49. The number of carbonyl (C=O) groups excluding carboxylic acids is 2. The van der Waals surface area contributed by atoms with Gasteiger partial charge >= 0.3 is 16.4 Å². The third kappa shape index (κ3) is 3.25. The number of pyridine rings is 1. The third-order valence-corrected chi connectivity index (χ3v) is 4.17. The average Bonchev–Trinajstić information content (AvgIpc) is 2.71. The van der Waals surface area contributed by atoms with E-state index in [-0.39, 0.29) is 18.2 Å². The molecule has 1 aromatic heterocycles. The molecule has 0 aromatic carbocycles. The van der Waals surface area contributed by atoms with Crippen LogP contribution in [0.15, 0.2) is 18.2 Å². The molecule has 130 valence electrons. The van der Waals surface area contributed by atoms with Crippen LogP contribution in [0.2, 0.25) is 0 Å². The minimum atomic E-state index is -4.82. The first-order valence-corrected chi connectivity index (χ1v) is 8.41. The van der Waals surface area contributed by atoms with Crippen molar-refractivity contribution in [3.63, 3.8) is 0 Å². The summed E-state index contributed by atoms with van der Waals surface area (Å²) in [6, 6.07) is 2.60. The van der Waals surface area contributed by atoms with Gasteiger partial charge in [0.15, 0.2) is 0 Å². The summed E-state index contributed by atoms with van der Waals surface area (Å²) >= 11 is 0. The molecule has 0 radical (unpaired) electrons. The van der Waals surface area contributed by atoms with E-state index in [1.54, 1.807) is 18.2 Å². The number of anilines is 2. The summed E-state index contributed by atoms with van der Waals surface area (Å²) in [7, 11) is -4.82. The Morgan fingerprint density at radius 1 is 1.42 bits per heavy atom. The van der Waals surface area contributed by atoms with E-state index in [2.05, 4.69) is 14.6 Å².